The number of unbranched alkanes of at least 4 members (excludes halogenated alkanes) is 13. The molecular formula is C27H53NO2. The van der Waals surface area contributed by atoms with Gasteiger partial charge in [0.1, 0.15) is 0 Å². The molecule has 178 valence electrons. The van der Waals surface area contributed by atoms with Crippen molar-refractivity contribution in [3.8, 4) is 0 Å². The molecule has 3 nitrogen and oxygen atoms in total. The third kappa shape index (κ3) is 9.71. The predicted octanol–water partition coefficient (Wildman–Crippen LogP) is 7.93. The SMILES string of the molecule is CCCCCCCCCCCCCCCCC(C(=O)O)C1CCN(C)C(C)(C)C1C. The fourth-order valence-corrected chi connectivity index (χ4v) is 5.38. The van der Waals surface area contributed by atoms with Gasteiger partial charge in [0.25, 0.3) is 0 Å². The van der Waals surface area contributed by atoms with Crippen LogP contribution in [-0.2, 0) is 4.79 Å². The molecule has 1 fully saturated rings. The quantitative estimate of drug-likeness (QED) is 0.241. The first kappa shape index (κ1) is 27.5. The molecule has 1 rings (SSSR count). The molecule has 1 aliphatic rings. The summed E-state index contributed by atoms with van der Waals surface area (Å²) in [7, 11) is 2.18. The highest BCUT2D eigenvalue weighted by molar-refractivity contribution is 5.70. The topological polar surface area (TPSA) is 40.5 Å². The van der Waals surface area contributed by atoms with Crippen LogP contribution < -0.4 is 0 Å². The lowest BCUT2D eigenvalue weighted by Crippen LogP contribution is -2.55. The maximum Gasteiger partial charge on any atom is 0.306 e. The van der Waals surface area contributed by atoms with E-state index >= 15 is 0 Å². The predicted molar refractivity (Wildman–Crippen MR) is 130 cm³/mol. The van der Waals surface area contributed by atoms with Crippen LogP contribution in [0.25, 0.3) is 0 Å². The summed E-state index contributed by atoms with van der Waals surface area (Å²) >= 11 is 0. The van der Waals surface area contributed by atoms with E-state index < -0.39 is 5.97 Å². The number of likely N-dealkylation sites (tertiary alicyclic amines) is 1. The Morgan fingerprint density at radius 3 is 1.77 bits per heavy atom. The van der Waals surface area contributed by atoms with Crippen molar-refractivity contribution in [2.75, 3.05) is 13.6 Å². The van der Waals surface area contributed by atoms with Crippen LogP contribution in [0.1, 0.15) is 130 Å². The lowest BCUT2D eigenvalue weighted by molar-refractivity contribution is -0.147. The number of aliphatic carboxylic acids is 1. The van der Waals surface area contributed by atoms with Crippen molar-refractivity contribution in [3.63, 3.8) is 0 Å². The van der Waals surface area contributed by atoms with Crippen molar-refractivity contribution < 1.29 is 9.90 Å². The minimum absolute atomic E-state index is 0.0894. The number of rotatable bonds is 17. The summed E-state index contributed by atoms with van der Waals surface area (Å²) in [4.78, 5) is 14.4. The molecule has 0 aromatic carbocycles. The molecule has 3 atom stereocenters. The molecular weight excluding hydrogens is 370 g/mol. The molecule has 3 heteroatoms. The number of nitrogens with zero attached hydrogens (tertiary/aromatic N) is 1. The second-order valence-corrected chi connectivity index (χ2v) is 10.6. The number of hydrogen-bond donors (Lipinski definition) is 1. The molecule has 0 saturated carbocycles. The van der Waals surface area contributed by atoms with Crippen molar-refractivity contribution in [2.24, 2.45) is 17.8 Å². The van der Waals surface area contributed by atoms with Crippen LogP contribution in [0.15, 0.2) is 0 Å². The summed E-state index contributed by atoms with van der Waals surface area (Å²) in [5, 5.41) is 9.87. The van der Waals surface area contributed by atoms with E-state index in [9.17, 15) is 9.90 Å². The Labute approximate surface area is 188 Å². The van der Waals surface area contributed by atoms with Crippen LogP contribution in [-0.4, -0.2) is 35.1 Å². The van der Waals surface area contributed by atoms with Crippen LogP contribution in [0.2, 0.25) is 0 Å². The third-order valence-corrected chi connectivity index (χ3v) is 8.24. The van der Waals surface area contributed by atoms with Gasteiger partial charge in [0.05, 0.1) is 5.92 Å². The van der Waals surface area contributed by atoms with E-state index in [0.29, 0.717) is 11.8 Å². The summed E-state index contributed by atoms with van der Waals surface area (Å²) in [6.07, 6.45) is 20.8. The Bertz CT molecular complexity index is 448. The van der Waals surface area contributed by atoms with Crippen molar-refractivity contribution in [3.05, 3.63) is 0 Å². The zero-order valence-corrected chi connectivity index (χ0v) is 21.1. The zero-order chi connectivity index (χ0) is 22.4. The van der Waals surface area contributed by atoms with Gasteiger partial charge in [0.2, 0.25) is 0 Å². The van der Waals surface area contributed by atoms with E-state index in [1.54, 1.807) is 0 Å². The van der Waals surface area contributed by atoms with Crippen LogP contribution in [0.4, 0.5) is 0 Å². The van der Waals surface area contributed by atoms with Gasteiger partial charge in [-0.05, 0) is 52.1 Å². The highest BCUT2D eigenvalue weighted by atomic mass is 16.4. The molecule has 1 saturated heterocycles. The van der Waals surface area contributed by atoms with Gasteiger partial charge < -0.3 is 10.0 Å². The molecule has 0 bridgehead atoms. The fraction of sp³-hybridized carbons (Fsp3) is 0.963. The summed E-state index contributed by atoms with van der Waals surface area (Å²) in [5.41, 5.74) is 0.0894. The van der Waals surface area contributed by atoms with Gasteiger partial charge in [0.15, 0.2) is 0 Å². The standard InChI is InChI=1S/C27H53NO2/c1-6-7-8-9-10-11-12-13-14-15-16-17-18-19-20-25(26(29)30)24-21-22-28(5)27(3,4)23(24)2/h23-25H,6-22H2,1-5H3,(H,29,30). The monoisotopic (exact) mass is 423 g/mol. The fourth-order valence-electron chi connectivity index (χ4n) is 5.38. The Hall–Kier alpha value is -0.570. The molecule has 0 aromatic rings. The molecule has 30 heavy (non-hydrogen) atoms. The second-order valence-electron chi connectivity index (χ2n) is 10.6. The molecule has 0 aliphatic carbocycles. The highest BCUT2D eigenvalue weighted by Gasteiger charge is 2.44. The van der Waals surface area contributed by atoms with Crippen molar-refractivity contribution in [1.82, 2.24) is 4.90 Å². The smallest absolute Gasteiger partial charge is 0.306 e. The maximum atomic E-state index is 12.0. The first-order valence-corrected chi connectivity index (χ1v) is 13.3. The average molecular weight is 424 g/mol. The Morgan fingerprint density at radius 2 is 1.33 bits per heavy atom. The van der Waals surface area contributed by atoms with Crippen molar-refractivity contribution in [2.45, 2.75) is 136 Å². The Morgan fingerprint density at radius 1 is 0.900 bits per heavy atom. The number of hydrogen-bond acceptors (Lipinski definition) is 2. The minimum Gasteiger partial charge on any atom is -0.481 e. The summed E-state index contributed by atoms with van der Waals surface area (Å²) in [6, 6.07) is 0. The molecule has 1 aliphatic heterocycles. The van der Waals surface area contributed by atoms with E-state index in [0.717, 1.165) is 25.8 Å². The van der Waals surface area contributed by atoms with E-state index in [4.69, 9.17) is 0 Å². The normalized spacial score (nSPS) is 22.8. The van der Waals surface area contributed by atoms with E-state index in [2.05, 4.69) is 39.6 Å². The summed E-state index contributed by atoms with van der Waals surface area (Å²) < 4.78 is 0. The Kier molecular flexibility index (Phi) is 14.0. The molecule has 1 N–H and O–H groups in total. The molecule has 0 spiro atoms. The lowest BCUT2D eigenvalue weighted by Gasteiger charge is -2.50. The first-order valence-electron chi connectivity index (χ1n) is 13.3. The van der Waals surface area contributed by atoms with Crippen molar-refractivity contribution in [1.29, 1.82) is 0 Å². The van der Waals surface area contributed by atoms with Gasteiger partial charge in [-0.2, -0.15) is 0 Å². The van der Waals surface area contributed by atoms with Gasteiger partial charge >= 0.3 is 5.97 Å². The third-order valence-electron chi connectivity index (χ3n) is 8.24. The summed E-state index contributed by atoms with van der Waals surface area (Å²) in [5.74, 6) is 0.00636. The molecule has 0 amide bonds. The average Bonchev–Trinajstić information content (AvgIpc) is 2.70. The van der Waals surface area contributed by atoms with Gasteiger partial charge in [-0.25, -0.2) is 0 Å². The van der Waals surface area contributed by atoms with E-state index in [1.165, 1.54) is 83.5 Å². The Balaban J connectivity index is 2.11. The largest absolute Gasteiger partial charge is 0.481 e. The molecule has 1 heterocycles. The van der Waals surface area contributed by atoms with Crippen LogP contribution in [0.3, 0.4) is 0 Å². The first-order chi connectivity index (χ1) is 14.3. The van der Waals surface area contributed by atoms with E-state index in [1.807, 2.05) is 0 Å². The maximum absolute atomic E-state index is 12.0. The van der Waals surface area contributed by atoms with Gasteiger partial charge in [-0.15, -0.1) is 0 Å². The van der Waals surface area contributed by atoms with Crippen LogP contribution in [0, 0.1) is 17.8 Å². The van der Waals surface area contributed by atoms with Crippen LogP contribution in [0.5, 0.6) is 0 Å². The van der Waals surface area contributed by atoms with Gasteiger partial charge in [-0.1, -0.05) is 104 Å². The van der Waals surface area contributed by atoms with Crippen LogP contribution >= 0.6 is 0 Å². The molecule has 3 unspecified atom stereocenters. The minimum atomic E-state index is -0.568. The van der Waals surface area contributed by atoms with Crippen molar-refractivity contribution >= 4 is 5.97 Å². The number of carboxylic acids is 1. The highest BCUT2D eigenvalue weighted by Crippen LogP contribution is 2.41. The second kappa shape index (κ2) is 15.3. The van der Waals surface area contributed by atoms with E-state index in [-0.39, 0.29) is 11.5 Å². The number of carbonyl (C=O) groups is 1. The molecule has 0 radical (unpaired) electrons. The number of piperidine rings is 1. The van der Waals surface area contributed by atoms with Gasteiger partial charge in [-0.3, -0.25) is 4.79 Å². The van der Waals surface area contributed by atoms with Gasteiger partial charge in [0, 0.05) is 5.54 Å². The zero-order valence-electron chi connectivity index (χ0n) is 21.1. The lowest BCUT2D eigenvalue weighted by atomic mass is 9.67. The number of carboxylic acid groups (broad SMARTS) is 1. The summed E-state index contributed by atoms with van der Waals surface area (Å²) in [6.45, 7) is 10.1. The molecule has 0 aromatic heterocycles.